The van der Waals surface area contributed by atoms with E-state index in [0.29, 0.717) is 145 Å². The summed E-state index contributed by atoms with van der Waals surface area (Å²) >= 11 is 0. The number of nitrogens with two attached hydrogens (primary N) is 1. The van der Waals surface area contributed by atoms with Crippen LogP contribution in [0.3, 0.4) is 0 Å². The maximum absolute atomic E-state index is 5.55. The predicted octanol–water partition coefficient (Wildman–Crippen LogP) is 1.56. The summed E-state index contributed by atoms with van der Waals surface area (Å²) in [5.41, 5.74) is 5.33. The summed E-state index contributed by atoms with van der Waals surface area (Å²) in [6.07, 6.45) is 2.30. The van der Waals surface area contributed by atoms with Crippen LogP contribution in [0.5, 0.6) is 0 Å². The van der Waals surface area contributed by atoms with Crippen molar-refractivity contribution in [1.82, 2.24) is 0 Å². The van der Waals surface area contributed by atoms with E-state index in [1.807, 2.05) is 0 Å². The van der Waals surface area contributed by atoms with Crippen molar-refractivity contribution in [2.45, 2.75) is 26.7 Å². The minimum absolute atomic E-state index is 0.520. The summed E-state index contributed by atoms with van der Waals surface area (Å²) in [5, 5.41) is 0. The molecule has 0 saturated heterocycles. The van der Waals surface area contributed by atoms with Gasteiger partial charge in [0.15, 0.2) is 0 Å². The first-order chi connectivity index (χ1) is 19.8. The Hall–Kier alpha value is -0.480. The van der Waals surface area contributed by atoms with Gasteiger partial charge in [-0.05, 0) is 12.3 Å². The lowest BCUT2D eigenvalue weighted by Crippen LogP contribution is -2.15. The highest BCUT2D eigenvalue weighted by molar-refractivity contribution is 4.48. The van der Waals surface area contributed by atoms with Crippen LogP contribution in [0.1, 0.15) is 26.7 Å². The van der Waals surface area contributed by atoms with Crippen molar-refractivity contribution in [3.05, 3.63) is 0 Å². The van der Waals surface area contributed by atoms with Crippen LogP contribution in [0, 0.1) is 5.92 Å². The quantitative estimate of drug-likeness (QED) is 0.107. The second-order valence-electron chi connectivity index (χ2n) is 8.83. The van der Waals surface area contributed by atoms with E-state index in [2.05, 4.69) is 13.8 Å². The lowest BCUT2D eigenvalue weighted by Gasteiger charge is -2.09. The van der Waals surface area contributed by atoms with Crippen molar-refractivity contribution in [1.29, 1.82) is 0 Å². The second-order valence-corrected chi connectivity index (χ2v) is 8.83. The van der Waals surface area contributed by atoms with Gasteiger partial charge in [-0.1, -0.05) is 20.3 Å². The Bertz CT molecular complexity index is 452. The molecule has 0 aliphatic carbocycles. The maximum atomic E-state index is 5.55. The molecule has 0 aromatic heterocycles. The molecule has 0 aliphatic rings. The number of ether oxygens (including phenoxy) is 11. The summed E-state index contributed by atoms with van der Waals surface area (Å²) in [4.78, 5) is 0. The summed E-state index contributed by atoms with van der Waals surface area (Å²) in [5.74, 6) is 0.721. The van der Waals surface area contributed by atoms with E-state index in [9.17, 15) is 0 Å². The van der Waals surface area contributed by atoms with E-state index in [0.717, 1.165) is 18.9 Å². The van der Waals surface area contributed by atoms with Crippen molar-refractivity contribution >= 4 is 0 Å². The third kappa shape index (κ3) is 35.5. The van der Waals surface area contributed by atoms with Crippen molar-refractivity contribution < 1.29 is 52.1 Å². The third-order valence-corrected chi connectivity index (χ3v) is 5.43. The molecule has 2 N–H and O–H groups in total. The van der Waals surface area contributed by atoms with Crippen molar-refractivity contribution in [2.24, 2.45) is 11.7 Å². The fourth-order valence-corrected chi connectivity index (χ4v) is 2.87. The van der Waals surface area contributed by atoms with Gasteiger partial charge in [0, 0.05) is 13.2 Å². The average Bonchev–Trinajstić information content (AvgIpc) is 2.97. The van der Waals surface area contributed by atoms with Crippen LogP contribution in [-0.2, 0) is 52.1 Å². The molecule has 0 aromatic carbocycles. The summed E-state index contributed by atoms with van der Waals surface area (Å²) < 4.78 is 59.8. The molecule has 12 nitrogen and oxygen atoms in total. The van der Waals surface area contributed by atoms with Crippen LogP contribution in [-0.4, -0.2) is 152 Å². The Balaban J connectivity index is 3.03. The molecule has 1 atom stereocenters. The van der Waals surface area contributed by atoms with Crippen molar-refractivity contribution in [3.63, 3.8) is 0 Å². The predicted molar refractivity (Wildman–Crippen MR) is 152 cm³/mol. The van der Waals surface area contributed by atoms with E-state index in [1.54, 1.807) is 0 Å². The van der Waals surface area contributed by atoms with Gasteiger partial charge in [0.25, 0.3) is 0 Å². The number of hydrogen-bond acceptors (Lipinski definition) is 12. The van der Waals surface area contributed by atoms with E-state index in [4.69, 9.17) is 57.8 Å². The molecule has 242 valence electrons. The van der Waals surface area contributed by atoms with Gasteiger partial charge in [-0.25, -0.2) is 0 Å². The van der Waals surface area contributed by atoms with Gasteiger partial charge in [0.1, 0.15) is 0 Å². The lowest BCUT2D eigenvalue weighted by molar-refractivity contribution is -0.0275. The Morgan fingerprint density at radius 2 is 0.550 bits per heavy atom. The van der Waals surface area contributed by atoms with Gasteiger partial charge >= 0.3 is 0 Å². The zero-order valence-corrected chi connectivity index (χ0v) is 25.3. The zero-order valence-electron chi connectivity index (χ0n) is 25.3. The van der Waals surface area contributed by atoms with Crippen LogP contribution in [0.4, 0.5) is 0 Å². The monoisotopic (exact) mass is 585 g/mol. The van der Waals surface area contributed by atoms with Gasteiger partial charge in [0.05, 0.1) is 139 Å². The highest BCUT2D eigenvalue weighted by Gasteiger charge is 1.99. The Labute approximate surface area is 242 Å². The summed E-state index contributed by atoms with van der Waals surface area (Å²) in [6, 6.07) is 0. The van der Waals surface area contributed by atoms with Crippen LogP contribution in [0.15, 0.2) is 0 Å². The number of hydrogen-bond donors (Lipinski definition) is 1. The Morgan fingerprint density at radius 3 is 0.750 bits per heavy atom. The molecule has 0 amide bonds. The van der Waals surface area contributed by atoms with Crippen LogP contribution in [0.25, 0.3) is 0 Å². The number of rotatable bonds is 36. The first-order valence-corrected chi connectivity index (χ1v) is 14.9. The molecule has 0 spiro atoms. The third-order valence-electron chi connectivity index (χ3n) is 5.43. The van der Waals surface area contributed by atoms with Crippen molar-refractivity contribution in [2.75, 3.05) is 152 Å². The second kappa shape index (κ2) is 36.5. The molecule has 0 saturated carbocycles. The first-order valence-electron chi connectivity index (χ1n) is 14.9. The fraction of sp³-hybridized carbons (Fsp3) is 1.00. The molecule has 0 rings (SSSR count). The largest absolute Gasteiger partial charge is 0.379 e. The Kier molecular flexibility index (Phi) is 36.1. The average molecular weight is 586 g/mol. The van der Waals surface area contributed by atoms with Crippen LogP contribution in [0.2, 0.25) is 0 Å². The molecule has 0 heterocycles. The van der Waals surface area contributed by atoms with Gasteiger partial charge in [-0.15, -0.1) is 0 Å². The Morgan fingerprint density at radius 1 is 0.350 bits per heavy atom. The molecule has 40 heavy (non-hydrogen) atoms. The molecule has 12 heteroatoms. The van der Waals surface area contributed by atoms with Gasteiger partial charge < -0.3 is 57.8 Å². The SMILES string of the molecule is CCC(C)CCOCCOCCOCCOCCOCCOCCOCCOCCOCCOCCOCCN. The molecule has 0 aliphatic heterocycles. The fourth-order valence-electron chi connectivity index (χ4n) is 2.87. The standard InChI is InChI=1S/C28H59NO11/c1-3-28(2)4-6-30-8-10-32-12-14-34-16-18-36-20-22-38-24-26-40-27-25-39-23-21-37-19-17-35-15-13-33-11-9-31-7-5-29/h28H,3-27,29H2,1-2H3. The smallest absolute Gasteiger partial charge is 0.0701 e. The first kappa shape index (κ1) is 39.5. The summed E-state index contributed by atoms with van der Waals surface area (Å²) in [6.45, 7) is 17.2. The van der Waals surface area contributed by atoms with E-state index < -0.39 is 0 Å². The molecule has 0 bridgehead atoms. The van der Waals surface area contributed by atoms with Gasteiger partial charge in [-0.2, -0.15) is 0 Å². The maximum Gasteiger partial charge on any atom is 0.0701 e. The molecular formula is C28H59NO11. The molecule has 1 unspecified atom stereocenters. The summed E-state index contributed by atoms with van der Waals surface area (Å²) in [7, 11) is 0. The minimum Gasteiger partial charge on any atom is -0.379 e. The molecule has 0 fully saturated rings. The van der Waals surface area contributed by atoms with Crippen LogP contribution >= 0.6 is 0 Å². The van der Waals surface area contributed by atoms with E-state index in [-0.39, 0.29) is 0 Å². The minimum atomic E-state index is 0.520. The van der Waals surface area contributed by atoms with E-state index in [1.165, 1.54) is 6.42 Å². The lowest BCUT2D eigenvalue weighted by atomic mass is 10.1. The van der Waals surface area contributed by atoms with E-state index >= 15 is 0 Å². The normalized spacial score (nSPS) is 12.4. The highest BCUT2D eigenvalue weighted by atomic mass is 16.6. The zero-order chi connectivity index (χ0) is 29.0. The van der Waals surface area contributed by atoms with Gasteiger partial charge in [0.2, 0.25) is 0 Å². The van der Waals surface area contributed by atoms with Gasteiger partial charge in [-0.3, -0.25) is 0 Å². The van der Waals surface area contributed by atoms with Crippen LogP contribution < -0.4 is 5.73 Å². The molecule has 0 aromatic rings. The molecular weight excluding hydrogens is 526 g/mol. The topological polar surface area (TPSA) is 128 Å². The highest BCUT2D eigenvalue weighted by Crippen LogP contribution is 2.05. The molecule has 0 radical (unpaired) electrons. The van der Waals surface area contributed by atoms with Crippen molar-refractivity contribution in [3.8, 4) is 0 Å².